The van der Waals surface area contributed by atoms with Crippen LogP contribution in [0.3, 0.4) is 0 Å². The molecule has 1 fully saturated rings. The third-order valence-corrected chi connectivity index (χ3v) is 11.0. The van der Waals surface area contributed by atoms with E-state index in [1.54, 1.807) is 27.7 Å². The molecule has 0 aliphatic carbocycles. The molecule has 1 saturated heterocycles. The summed E-state index contributed by atoms with van der Waals surface area (Å²) in [4.78, 5) is 159. The maximum absolute atomic E-state index is 14.0. The minimum absolute atomic E-state index is 0.0650. The van der Waals surface area contributed by atoms with Gasteiger partial charge in [0.05, 0.1) is 31.1 Å². The zero-order valence-electron chi connectivity index (χ0n) is 38.6. The molecule has 1 aromatic rings. The first-order valence-electron chi connectivity index (χ1n) is 22.1. The lowest BCUT2D eigenvalue weighted by atomic mass is 9.91. The van der Waals surface area contributed by atoms with Crippen molar-refractivity contribution in [2.45, 2.75) is 129 Å². The summed E-state index contributed by atoms with van der Waals surface area (Å²) in [6.45, 7) is 5.65. The first kappa shape index (κ1) is 56.2. The van der Waals surface area contributed by atoms with Gasteiger partial charge in [0.1, 0.15) is 23.9 Å². The number of carbonyl (C=O) groups is 12. The minimum atomic E-state index is -1.61. The van der Waals surface area contributed by atoms with Crippen LogP contribution in [0.4, 0.5) is 0 Å². The molecule has 1 heterocycles. The smallest absolute Gasteiger partial charge is 0.245 e. The van der Waals surface area contributed by atoms with Crippen LogP contribution in [0.2, 0.25) is 0 Å². The van der Waals surface area contributed by atoms with Crippen molar-refractivity contribution < 1.29 is 62.6 Å². The number of rotatable bonds is 19. The summed E-state index contributed by atoms with van der Waals surface area (Å²) in [5.74, 6) is -12.3. The average molecular weight is 943 g/mol. The number of nitrogens with two attached hydrogens (primary N) is 3. The number of carbonyl (C=O) groups excluding carboxylic acids is 12. The maximum atomic E-state index is 14.0. The molecule has 2 rings (SSSR count). The van der Waals surface area contributed by atoms with Gasteiger partial charge in [0, 0.05) is 52.0 Å². The molecule has 1 aromatic carbocycles. The Morgan fingerprint density at radius 3 is 2.01 bits per heavy atom. The van der Waals surface area contributed by atoms with Crippen molar-refractivity contribution >= 4 is 70.6 Å². The standard InChI is InChI=1S/C44H66N10O13/c1-6-24(4)40-43(66)51-28(11-14-34(45)58)33(57)19-26(20-36(47)60)41(64)52-29(44(67)54(5)22-39(63)49-30(17-23(2)3)32(56)13-15-35(46)59)12-16-37(61)48-21-38(62)50-31(42(65)53-40)18-25-7-9-27(55)10-8-25/h7-10,23-24,26,28-31,40,55H,6,11-22H2,1-5H3,(H2,45,58)(H2,46,59)(H2,47,60)(H,48,61)(H,49,63)(H,50,62)(H,51,66)(H,52,64)(H,53,65)/t24-,26-,28-,29-,30-,31-,40-/m0/s1. The number of benzene rings is 1. The zero-order chi connectivity index (χ0) is 50.5. The van der Waals surface area contributed by atoms with Crippen molar-refractivity contribution in [2.75, 3.05) is 20.1 Å². The van der Waals surface area contributed by atoms with E-state index >= 15 is 0 Å². The van der Waals surface area contributed by atoms with Crippen LogP contribution in [-0.4, -0.2) is 131 Å². The molecule has 0 radical (unpaired) electrons. The number of nitrogens with zero attached hydrogens (tertiary/aromatic N) is 1. The molecule has 0 unspecified atom stereocenters. The third kappa shape index (κ3) is 20.4. The maximum Gasteiger partial charge on any atom is 0.245 e. The molecule has 7 atom stereocenters. The van der Waals surface area contributed by atoms with Crippen molar-refractivity contribution in [1.82, 2.24) is 36.8 Å². The first-order chi connectivity index (χ1) is 31.4. The van der Waals surface area contributed by atoms with E-state index in [1.807, 2.05) is 0 Å². The number of hydrogen-bond acceptors (Lipinski definition) is 13. The Morgan fingerprint density at radius 1 is 0.791 bits per heavy atom. The molecule has 1 aliphatic heterocycles. The molecule has 0 bridgehead atoms. The Balaban J connectivity index is 2.59. The second-order valence-electron chi connectivity index (χ2n) is 17.2. The number of nitrogens with one attached hydrogen (secondary N) is 6. The van der Waals surface area contributed by atoms with Gasteiger partial charge in [-0.05, 0) is 48.8 Å². The molecule has 23 heteroatoms. The lowest BCUT2D eigenvalue weighted by Crippen LogP contribution is -2.58. The van der Waals surface area contributed by atoms with Gasteiger partial charge in [-0.15, -0.1) is 0 Å². The van der Waals surface area contributed by atoms with E-state index in [-0.39, 0.29) is 43.8 Å². The number of primary amides is 3. The van der Waals surface area contributed by atoms with Gasteiger partial charge < -0.3 is 59.1 Å². The molecule has 67 heavy (non-hydrogen) atoms. The van der Waals surface area contributed by atoms with Gasteiger partial charge in [-0.25, -0.2) is 0 Å². The lowest BCUT2D eigenvalue weighted by Gasteiger charge is -2.29. The van der Waals surface area contributed by atoms with Crippen molar-refractivity contribution in [1.29, 1.82) is 0 Å². The molecule has 370 valence electrons. The number of phenols is 1. The molecule has 10 amide bonds. The summed E-state index contributed by atoms with van der Waals surface area (Å²) in [5.41, 5.74) is 16.5. The summed E-state index contributed by atoms with van der Waals surface area (Å²) in [7, 11) is 1.20. The molecule has 23 nitrogen and oxygen atoms in total. The Kier molecular flexibility index (Phi) is 23.1. The Bertz CT molecular complexity index is 1990. The SMILES string of the molecule is CC[C@H](C)[C@@H]1NC(=O)[C@H](Cc2ccc(O)cc2)NC(=O)CNC(=O)CC[C@@H](C(=O)N(C)CC(=O)N[C@@H](CC(C)C)C(=O)CCC(N)=O)NC(=O)[C@H](CC(N)=O)CC(=O)[C@H](CCC(N)=O)NC1=O. The summed E-state index contributed by atoms with van der Waals surface area (Å²) in [6, 6.07) is -1.07. The van der Waals surface area contributed by atoms with Gasteiger partial charge >= 0.3 is 0 Å². The predicted molar refractivity (Wildman–Crippen MR) is 239 cm³/mol. The van der Waals surface area contributed by atoms with Gasteiger partial charge in [-0.1, -0.05) is 46.2 Å². The highest BCUT2D eigenvalue weighted by Gasteiger charge is 2.36. The van der Waals surface area contributed by atoms with E-state index in [4.69, 9.17) is 17.2 Å². The Labute approximate surface area is 388 Å². The summed E-state index contributed by atoms with van der Waals surface area (Å²) in [6.07, 6.45) is -3.33. The quantitative estimate of drug-likeness (QED) is 0.0680. The largest absolute Gasteiger partial charge is 0.508 e. The van der Waals surface area contributed by atoms with E-state index in [9.17, 15) is 62.6 Å². The molecular weight excluding hydrogens is 877 g/mol. The highest BCUT2D eigenvalue weighted by atomic mass is 16.3. The van der Waals surface area contributed by atoms with E-state index in [0.717, 1.165) is 4.90 Å². The summed E-state index contributed by atoms with van der Waals surface area (Å²) >= 11 is 0. The number of Topliss-reactive ketones (excluding diaryl/α,β-unsaturated/α-hetero) is 2. The molecule has 0 spiro atoms. The Morgan fingerprint density at radius 2 is 1.43 bits per heavy atom. The van der Waals surface area contributed by atoms with Crippen LogP contribution in [-0.2, 0) is 64.0 Å². The van der Waals surface area contributed by atoms with E-state index in [1.165, 1.54) is 31.3 Å². The predicted octanol–water partition coefficient (Wildman–Crippen LogP) is -2.63. The van der Waals surface area contributed by atoms with E-state index < -0.39 is 158 Å². The minimum Gasteiger partial charge on any atom is -0.508 e. The van der Waals surface area contributed by atoms with Crippen LogP contribution in [0.1, 0.15) is 97.5 Å². The van der Waals surface area contributed by atoms with Crippen molar-refractivity contribution in [2.24, 2.45) is 35.0 Å². The fourth-order valence-corrected chi connectivity index (χ4v) is 7.08. The van der Waals surface area contributed by atoms with Crippen molar-refractivity contribution in [3.63, 3.8) is 0 Å². The number of phenolic OH excluding ortho intramolecular Hbond substituents is 1. The van der Waals surface area contributed by atoms with Crippen molar-refractivity contribution in [3.05, 3.63) is 29.8 Å². The lowest BCUT2D eigenvalue weighted by molar-refractivity contribution is -0.140. The van der Waals surface area contributed by atoms with Gasteiger partial charge in [-0.2, -0.15) is 0 Å². The van der Waals surface area contributed by atoms with Crippen LogP contribution < -0.4 is 49.1 Å². The van der Waals surface area contributed by atoms with Gasteiger partial charge in [0.25, 0.3) is 0 Å². The first-order valence-corrected chi connectivity index (χ1v) is 22.1. The molecule has 1 aliphatic rings. The highest BCUT2D eigenvalue weighted by Crippen LogP contribution is 2.18. The van der Waals surface area contributed by atoms with Crippen LogP contribution >= 0.6 is 0 Å². The van der Waals surface area contributed by atoms with Gasteiger partial charge in [0.15, 0.2) is 11.6 Å². The van der Waals surface area contributed by atoms with Gasteiger partial charge in [-0.3, -0.25) is 57.5 Å². The molecule has 0 aromatic heterocycles. The number of aromatic hydroxyl groups is 1. The second kappa shape index (κ2) is 27.5. The third-order valence-electron chi connectivity index (χ3n) is 11.0. The topological polar surface area (TPSA) is 379 Å². The number of likely N-dealkylation sites (N-methyl/N-ethyl adjacent to an activating group) is 1. The second-order valence-corrected chi connectivity index (χ2v) is 17.2. The monoisotopic (exact) mass is 942 g/mol. The average Bonchev–Trinajstić information content (AvgIpc) is 3.25. The fraction of sp³-hybridized carbons (Fsp3) is 0.591. The van der Waals surface area contributed by atoms with Crippen LogP contribution in [0.5, 0.6) is 5.75 Å². The zero-order valence-corrected chi connectivity index (χ0v) is 38.6. The van der Waals surface area contributed by atoms with E-state index in [0.29, 0.717) is 12.0 Å². The van der Waals surface area contributed by atoms with Crippen LogP contribution in [0.25, 0.3) is 0 Å². The normalized spacial score (nSPS) is 21.3. The van der Waals surface area contributed by atoms with Crippen molar-refractivity contribution in [3.8, 4) is 5.75 Å². The number of hydrogen-bond donors (Lipinski definition) is 10. The highest BCUT2D eigenvalue weighted by molar-refractivity contribution is 5.99. The van der Waals surface area contributed by atoms with E-state index in [2.05, 4.69) is 31.9 Å². The van der Waals surface area contributed by atoms with Gasteiger partial charge in [0.2, 0.25) is 59.1 Å². The Hall–Kier alpha value is -6.94. The summed E-state index contributed by atoms with van der Waals surface area (Å²) < 4.78 is 0. The molecule has 0 saturated carbocycles. The van der Waals surface area contributed by atoms with Crippen LogP contribution in [0, 0.1) is 17.8 Å². The fourth-order valence-electron chi connectivity index (χ4n) is 7.08. The van der Waals surface area contributed by atoms with Crippen LogP contribution in [0.15, 0.2) is 24.3 Å². The molecular formula is C44H66N10O13. The number of amides is 10. The number of ketones is 2. The summed E-state index contributed by atoms with van der Waals surface area (Å²) in [5, 5.41) is 24.9. The molecule has 13 N–H and O–H groups in total.